The number of carbonyl (C=O) groups excluding carboxylic acids is 3. The Labute approximate surface area is 302 Å². The Kier molecular flexibility index (Phi) is 12.5. The lowest BCUT2D eigenvalue weighted by atomic mass is 9.87. The van der Waals surface area contributed by atoms with Gasteiger partial charge in [0.25, 0.3) is 0 Å². The van der Waals surface area contributed by atoms with Gasteiger partial charge < -0.3 is 34.8 Å². The van der Waals surface area contributed by atoms with E-state index in [1.165, 1.54) is 10.6 Å². The molecule has 278 valence electrons. The molecule has 0 unspecified atom stereocenters. The number of amidine groups is 1. The van der Waals surface area contributed by atoms with Crippen LogP contribution in [0.4, 0.5) is 27.5 Å². The monoisotopic (exact) mass is 704 g/mol. The Morgan fingerprint density at radius 3 is 2.31 bits per heavy atom. The van der Waals surface area contributed by atoms with Gasteiger partial charge in [-0.25, -0.2) is 4.79 Å². The van der Waals surface area contributed by atoms with Gasteiger partial charge in [-0.2, -0.15) is 0 Å². The van der Waals surface area contributed by atoms with Gasteiger partial charge in [-0.1, -0.05) is 0 Å². The van der Waals surface area contributed by atoms with Crippen molar-refractivity contribution in [3.8, 4) is 0 Å². The standard InChI is InChI=1S/C38H56N8O5/c1-37(2,3)51-36(49)42-29-6-8-30(9-7-29)44-17-12-28(13-18-44)25-43-20-15-38(16-21-43)26-45(22-23-50-38)31-10-11-32(33(24-31)40-4)35(39)46(27-47)19-14-34(48)41-5/h6-11,24,27-28,39-40H,12-23,25-26H2,1-5H3,(H,41,48)(H,42,49). The Hall–Kier alpha value is -4.36. The van der Waals surface area contributed by atoms with Crippen molar-refractivity contribution in [2.24, 2.45) is 5.92 Å². The van der Waals surface area contributed by atoms with E-state index >= 15 is 0 Å². The first-order valence-corrected chi connectivity index (χ1v) is 18.2. The highest BCUT2D eigenvalue weighted by atomic mass is 16.6. The summed E-state index contributed by atoms with van der Waals surface area (Å²) < 4.78 is 11.9. The number of amides is 3. The molecule has 2 aromatic carbocycles. The Bertz CT molecular complexity index is 1510. The largest absolute Gasteiger partial charge is 0.444 e. The van der Waals surface area contributed by atoms with E-state index in [1.807, 2.05) is 58.2 Å². The predicted molar refractivity (Wildman–Crippen MR) is 202 cm³/mol. The number of hydrogen-bond donors (Lipinski definition) is 4. The van der Waals surface area contributed by atoms with Crippen molar-refractivity contribution < 1.29 is 23.9 Å². The van der Waals surface area contributed by atoms with Crippen LogP contribution in [0, 0.1) is 11.3 Å². The third kappa shape index (κ3) is 10.1. The van der Waals surface area contributed by atoms with Gasteiger partial charge in [0.1, 0.15) is 11.4 Å². The predicted octanol–water partition coefficient (Wildman–Crippen LogP) is 4.58. The van der Waals surface area contributed by atoms with Crippen LogP contribution in [0.1, 0.15) is 58.4 Å². The topological polar surface area (TPSA) is 143 Å². The molecule has 3 saturated heterocycles. The second-order valence-electron chi connectivity index (χ2n) is 14.9. The molecule has 0 bridgehead atoms. The summed E-state index contributed by atoms with van der Waals surface area (Å²) in [5.74, 6) is 0.552. The summed E-state index contributed by atoms with van der Waals surface area (Å²) in [5, 5.41) is 17.2. The molecule has 3 aliphatic rings. The van der Waals surface area contributed by atoms with Crippen molar-refractivity contribution in [2.75, 3.05) is 93.5 Å². The molecule has 0 atom stereocenters. The molecule has 5 rings (SSSR count). The van der Waals surface area contributed by atoms with Crippen LogP contribution in [0.25, 0.3) is 0 Å². The maximum Gasteiger partial charge on any atom is 0.412 e. The number of carbonyl (C=O) groups is 3. The van der Waals surface area contributed by atoms with E-state index in [1.54, 1.807) is 7.05 Å². The highest BCUT2D eigenvalue weighted by molar-refractivity contribution is 6.06. The minimum atomic E-state index is -0.532. The van der Waals surface area contributed by atoms with E-state index in [2.05, 4.69) is 42.8 Å². The molecule has 0 aliphatic carbocycles. The van der Waals surface area contributed by atoms with Gasteiger partial charge in [0.15, 0.2) is 0 Å². The molecule has 13 heteroatoms. The third-order valence-electron chi connectivity index (χ3n) is 10.2. The number of likely N-dealkylation sites (tertiary alicyclic amines) is 1. The zero-order chi connectivity index (χ0) is 36.6. The minimum absolute atomic E-state index is 0.0599. The lowest BCUT2D eigenvalue weighted by Gasteiger charge is -2.48. The number of rotatable bonds is 11. The van der Waals surface area contributed by atoms with Crippen LogP contribution in [-0.2, 0) is 19.1 Å². The fraction of sp³-hybridized carbons (Fsp3) is 0.579. The molecule has 3 aliphatic heterocycles. The molecular weight excluding hydrogens is 648 g/mol. The number of ether oxygens (including phenoxy) is 2. The van der Waals surface area contributed by atoms with Gasteiger partial charge in [-0.3, -0.25) is 25.2 Å². The molecule has 1 spiro atoms. The number of morpholine rings is 1. The molecular formula is C38H56N8O5. The normalized spacial score (nSPS) is 18.2. The lowest BCUT2D eigenvalue weighted by molar-refractivity contribution is -0.121. The minimum Gasteiger partial charge on any atom is -0.444 e. The van der Waals surface area contributed by atoms with E-state index in [4.69, 9.17) is 14.9 Å². The molecule has 4 N–H and O–H groups in total. The quantitative estimate of drug-likeness (QED) is 0.150. The number of nitrogens with one attached hydrogen (secondary N) is 4. The van der Waals surface area contributed by atoms with Gasteiger partial charge in [0, 0.05) is 101 Å². The SMILES string of the molecule is CNC(=O)CCN(C=O)C(=N)c1ccc(N2CCOC3(CCN(CC4CCN(c5ccc(NC(=O)OC(C)(C)C)cc5)CC4)CC3)C2)cc1NC. The summed E-state index contributed by atoms with van der Waals surface area (Å²) in [5.41, 5.74) is 3.63. The average molecular weight is 705 g/mol. The second kappa shape index (κ2) is 16.8. The van der Waals surface area contributed by atoms with Crippen LogP contribution >= 0.6 is 0 Å². The summed E-state index contributed by atoms with van der Waals surface area (Å²) >= 11 is 0. The summed E-state index contributed by atoms with van der Waals surface area (Å²) in [6.07, 6.45) is 4.59. The van der Waals surface area contributed by atoms with E-state index < -0.39 is 11.7 Å². The number of hydrogen-bond acceptors (Lipinski definition) is 10. The van der Waals surface area contributed by atoms with Gasteiger partial charge >= 0.3 is 6.09 Å². The third-order valence-corrected chi connectivity index (χ3v) is 10.2. The Morgan fingerprint density at radius 2 is 1.69 bits per heavy atom. The Morgan fingerprint density at radius 1 is 1.00 bits per heavy atom. The smallest absolute Gasteiger partial charge is 0.412 e. The molecule has 51 heavy (non-hydrogen) atoms. The van der Waals surface area contributed by atoms with Crippen LogP contribution in [0.2, 0.25) is 0 Å². The van der Waals surface area contributed by atoms with Crippen molar-refractivity contribution in [2.45, 2.75) is 64.1 Å². The zero-order valence-corrected chi connectivity index (χ0v) is 30.9. The van der Waals surface area contributed by atoms with Crippen LogP contribution < -0.4 is 25.8 Å². The van der Waals surface area contributed by atoms with Crippen molar-refractivity contribution >= 4 is 47.0 Å². The summed E-state index contributed by atoms with van der Waals surface area (Å²) in [7, 11) is 3.37. The molecule has 0 saturated carbocycles. The number of anilines is 4. The molecule has 13 nitrogen and oxygen atoms in total. The van der Waals surface area contributed by atoms with Crippen LogP contribution in [0.3, 0.4) is 0 Å². The molecule has 2 aromatic rings. The first-order valence-electron chi connectivity index (χ1n) is 18.2. The maximum atomic E-state index is 12.1. The van der Waals surface area contributed by atoms with E-state index in [0.29, 0.717) is 24.5 Å². The van der Waals surface area contributed by atoms with Crippen molar-refractivity contribution in [1.29, 1.82) is 5.41 Å². The zero-order valence-electron chi connectivity index (χ0n) is 30.9. The van der Waals surface area contributed by atoms with E-state index in [0.717, 1.165) is 88.6 Å². The average Bonchev–Trinajstić information content (AvgIpc) is 3.12. The summed E-state index contributed by atoms with van der Waals surface area (Å²) in [4.78, 5) is 44.3. The first-order chi connectivity index (χ1) is 24.4. The number of benzene rings is 2. The number of nitrogens with zero attached hydrogens (tertiary/aromatic N) is 4. The fourth-order valence-corrected chi connectivity index (χ4v) is 7.29. The molecule has 3 amide bonds. The Balaban J connectivity index is 1.09. The van der Waals surface area contributed by atoms with Gasteiger partial charge in [-0.05, 0) is 94.8 Å². The fourth-order valence-electron chi connectivity index (χ4n) is 7.29. The van der Waals surface area contributed by atoms with Crippen LogP contribution in [-0.4, -0.2) is 118 Å². The van der Waals surface area contributed by atoms with Crippen molar-refractivity contribution in [3.63, 3.8) is 0 Å². The molecule has 3 fully saturated rings. The van der Waals surface area contributed by atoms with E-state index in [9.17, 15) is 14.4 Å². The van der Waals surface area contributed by atoms with Gasteiger partial charge in [-0.15, -0.1) is 0 Å². The van der Waals surface area contributed by atoms with Gasteiger partial charge in [0.05, 0.1) is 12.2 Å². The first kappa shape index (κ1) is 37.9. The summed E-state index contributed by atoms with van der Waals surface area (Å²) in [6, 6.07) is 14.0. The molecule has 0 radical (unpaired) electrons. The van der Waals surface area contributed by atoms with Crippen molar-refractivity contribution in [3.05, 3.63) is 48.0 Å². The summed E-state index contributed by atoms with van der Waals surface area (Å²) in [6.45, 7) is 13.2. The maximum absolute atomic E-state index is 12.1. The van der Waals surface area contributed by atoms with Crippen molar-refractivity contribution in [1.82, 2.24) is 15.1 Å². The van der Waals surface area contributed by atoms with Gasteiger partial charge in [0.2, 0.25) is 12.3 Å². The number of piperidine rings is 2. The highest BCUT2D eigenvalue weighted by Gasteiger charge is 2.40. The molecule has 3 heterocycles. The van der Waals surface area contributed by atoms with E-state index in [-0.39, 0.29) is 30.3 Å². The molecule has 0 aromatic heterocycles. The second-order valence-corrected chi connectivity index (χ2v) is 14.9. The van der Waals surface area contributed by atoms with Crippen LogP contribution in [0.5, 0.6) is 0 Å². The van der Waals surface area contributed by atoms with Crippen LogP contribution in [0.15, 0.2) is 42.5 Å². The highest BCUT2D eigenvalue weighted by Crippen LogP contribution is 2.35. The lowest BCUT2D eigenvalue weighted by Crippen LogP contribution is -2.57.